The maximum atomic E-state index is 6.28. The number of imidazole rings is 1. The molecule has 0 radical (unpaired) electrons. The van der Waals surface area contributed by atoms with Crippen molar-refractivity contribution in [2.75, 3.05) is 5.88 Å². The molecule has 0 N–H and O–H groups in total. The average Bonchev–Trinajstić information content (AvgIpc) is 2.78. The summed E-state index contributed by atoms with van der Waals surface area (Å²) in [5.41, 5.74) is 2.02. The topological polar surface area (TPSA) is 17.8 Å². The molecule has 1 aromatic carbocycles. The van der Waals surface area contributed by atoms with E-state index in [1.807, 2.05) is 12.1 Å². The third kappa shape index (κ3) is 3.92. The summed E-state index contributed by atoms with van der Waals surface area (Å²) in [4.78, 5) is 4.71. The van der Waals surface area contributed by atoms with Crippen molar-refractivity contribution in [1.29, 1.82) is 0 Å². The molecule has 0 saturated carbocycles. The summed E-state index contributed by atoms with van der Waals surface area (Å²) in [6, 6.07) is 6.42. The molecule has 116 valence electrons. The Morgan fingerprint density at radius 2 is 1.95 bits per heavy atom. The van der Waals surface area contributed by atoms with E-state index in [2.05, 4.69) is 31.4 Å². The number of para-hydroxylation sites is 1. The van der Waals surface area contributed by atoms with Crippen molar-refractivity contribution in [3.05, 3.63) is 29.0 Å². The second-order valence-corrected chi connectivity index (χ2v) is 6.90. The van der Waals surface area contributed by atoms with Crippen LogP contribution in [0.15, 0.2) is 18.2 Å². The zero-order chi connectivity index (χ0) is 15.4. The van der Waals surface area contributed by atoms with Crippen LogP contribution >= 0.6 is 23.2 Å². The zero-order valence-electron chi connectivity index (χ0n) is 13.1. The molecule has 0 aliphatic heterocycles. The highest BCUT2D eigenvalue weighted by Gasteiger charge is 2.17. The first-order valence-corrected chi connectivity index (χ1v) is 8.67. The molecule has 1 aromatic heterocycles. The number of nitrogens with zero attached hydrogens (tertiary/aromatic N) is 2. The van der Waals surface area contributed by atoms with Gasteiger partial charge in [-0.2, -0.15) is 0 Å². The van der Waals surface area contributed by atoms with Gasteiger partial charge in [0.15, 0.2) is 0 Å². The summed E-state index contributed by atoms with van der Waals surface area (Å²) in [6.07, 6.45) is 4.44. The summed E-state index contributed by atoms with van der Waals surface area (Å²) < 4.78 is 2.32. The van der Waals surface area contributed by atoms with E-state index in [0.717, 1.165) is 40.6 Å². The first-order chi connectivity index (χ1) is 10.0. The van der Waals surface area contributed by atoms with E-state index in [0.29, 0.717) is 11.9 Å². The van der Waals surface area contributed by atoms with Crippen LogP contribution in [-0.4, -0.2) is 15.4 Å². The minimum atomic E-state index is 0.422. The predicted octanol–water partition coefficient (Wildman–Crippen LogP) is 5.86. The first kappa shape index (κ1) is 16.6. The fourth-order valence-electron chi connectivity index (χ4n) is 2.83. The Morgan fingerprint density at radius 3 is 2.62 bits per heavy atom. The molecule has 1 heterocycles. The molecule has 0 amide bonds. The third-order valence-electron chi connectivity index (χ3n) is 3.91. The van der Waals surface area contributed by atoms with Gasteiger partial charge < -0.3 is 4.57 Å². The van der Waals surface area contributed by atoms with Crippen LogP contribution in [0.4, 0.5) is 0 Å². The molecule has 0 saturated heterocycles. The second kappa shape index (κ2) is 7.51. The first-order valence-electron chi connectivity index (χ1n) is 7.75. The van der Waals surface area contributed by atoms with Gasteiger partial charge in [-0.05, 0) is 31.4 Å². The standard InChI is InChI=1S/C17H24Cl2N2/c1-12(2)6-4-7-13(3)21-15-9-5-8-14(19)17(15)20-16(21)10-11-18/h5,8-9,12-13H,4,6-7,10-11H2,1-3H3. The van der Waals surface area contributed by atoms with Gasteiger partial charge in [0.05, 0.1) is 10.5 Å². The molecule has 4 heteroatoms. The zero-order valence-corrected chi connectivity index (χ0v) is 14.6. The van der Waals surface area contributed by atoms with Crippen LogP contribution in [0.2, 0.25) is 5.02 Å². The molecule has 21 heavy (non-hydrogen) atoms. The minimum Gasteiger partial charge on any atom is -0.325 e. The Hall–Kier alpha value is -0.730. The smallest absolute Gasteiger partial charge is 0.111 e. The molecule has 0 aliphatic carbocycles. The highest BCUT2D eigenvalue weighted by atomic mass is 35.5. The van der Waals surface area contributed by atoms with Crippen LogP contribution in [0.3, 0.4) is 0 Å². The molecule has 1 unspecified atom stereocenters. The van der Waals surface area contributed by atoms with E-state index in [4.69, 9.17) is 28.2 Å². The number of hydrogen-bond acceptors (Lipinski definition) is 1. The quantitative estimate of drug-likeness (QED) is 0.583. The molecule has 2 nitrogen and oxygen atoms in total. The van der Waals surface area contributed by atoms with Crippen molar-refractivity contribution in [3.8, 4) is 0 Å². The number of alkyl halides is 1. The van der Waals surface area contributed by atoms with Gasteiger partial charge in [0.1, 0.15) is 11.3 Å². The summed E-state index contributed by atoms with van der Waals surface area (Å²) >= 11 is 12.2. The molecule has 0 bridgehead atoms. The number of aryl methyl sites for hydroxylation is 1. The van der Waals surface area contributed by atoms with Crippen LogP contribution in [0, 0.1) is 5.92 Å². The predicted molar refractivity (Wildman–Crippen MR) is 92.6 cm³/mol. The van der Waals surface area contributed by atoms with Gasteiger partial charge in [0, 0.05) is 18.3 Å². The number of fused-ring (bicyclic) bond motifs is 1. The molecule has 0 spiro atoms. The van der Waals surface area contributed by atoms with Crippen molar-refractivity contribution in [1.82, 2.24) is 9.55 Å². The molecule has 2 rings (SSSR count). The van der Waals surface area contributed by atoms with Gasteiger partial charge in [-0.25, -0.2) is 4.98 Å². The number of halogens is 2. The van der Waals surface area contributed by atoms with E-state index in [9.17, 15) is 0 Å². The maximum absolute atomic E-state index is 6.28. The molecule has 1 atom stereocenters. The van der Waals surface area contributed by atoms with Crippen LogP contribution in [0.5, 0.6) is 0 Å². The van der Waals surface area contributed by atoms with E-state index < -0.39 is 0 Å². The summed E-state index contributed by atoms with van der Waals surface area (Å²) in [5.74, 6) is 2.39. The van der Waals surface area contributed by atoms with Crippen molar-refractivity contribution in [2.45, 2.75) is 52.5 Å². The van der Waals surface area contributed by atoms with E-state index in [-0.39, 0.29) is 0 Å². The lowest BCUT2D eigenvalue weighted by molar-refractivity contribution is 0.445. The minimum absolute atomic E-state index is 0.422. The van der Waals surface area contributed by atoms with Gasteiger partial charge in [0.2, 0.25) is 0 Å². The normalized spacial score (nSPS) is 13.2. The molecule has 0 aliphatic rings. The lowest BCUT2D eigenvalue weighted by Gasteiger charge is -2.18. The second-order valence-electron chi connectivity index (χ2n) is 6.12. The van der Waals surface area contributed by atoms with Crippen molar-refractivity contribution >= 4 is 34.2 Å². The highest BCUT2D eigenvalue weighted by Crippen LogP contribution is 2.29. The fourth-order valence-corrected chi connectivity index (χ4v) is 3.22. The molecular formula is C17H24Cl2N2. The summed E-state index contributed by atoms with van der Waals surface area (Å²) in [6.45, 7) is 6.81. The van der Waals surface area contributed by atoms with Crippen LogP contribution in [0.1, 0.15) is 51.9 Å². The summed E-state index contributed by atoms with van der Waals surface area (Å²) in [5, 5.41) is 0.719. The van der Waals surface area contributed by atoms with Crippen LogP contribution < -0.4 is 0 Å². The van der Waals surface area contributed by atoms with Crippen molar-refractivity contribution in [2.24, 2.45) is 5.92 Å². The lowest BCUT2D eigenvalue weighted by atomic mass is 10.0. The Morgan fingerprint density at radius 1 is 1.19 bits per heavy atom. The maximum Gasteiger partial charge on any atom is 0.111 e. The lowest BCUT2D eigenvalue weighted by Crippen LogP contribution is -2.10. The Kier molecular flexibility index (Phi) is 5.95. The molecular weight excluding hydrogens is 303 g/mol. The average molecular weight is 327 g/mol. The third-order valence-corrected chi connectivity index (χ3v) is 4.40. The monoisotopic (exact) mass is 326 g/mol. The van der Waals surface area contributed by atoms with Gasteiger partial charge in [0.25, 0.3) is 0 Å². The molecule has 0 fully saturated rings. The Labute approximate surface area is 137 Å². The molecule has 2 aromatic rings. The highest BCUT2D eigenvalue weighted by molar-refractivity contribution is 6.34. The van der Waals surface area contributed by atoms with Gasteiger partial charge >= 0.3 is 0 Å². The Balaban J connectivity index is 2.31. The van der Waals surface area contributed by atoms with Crippen LogP contribution in [-0.2, 0) is 6.42 Å². The summed E-state index contributed by atoms with van der Waals surface area (Å²) in [7, 11) is 0. The fraction of sp³-hybridized carbons (Fsp3) is 0.588. The van der Waals surface area contributed by atoms with E-state index >= 15 is 0 Å². The van der Waals surface area contributed by atoms with Gasteiger partial charge in [-0.1, -0.05) is 44.4 Å². The van der Waals surface area contributed by atoms with Crippen molar-refractivity contribution in [3.63, 3.8) is 0 Å². The number of hydrogen-bond donors (Lipinski definition) is 0. The number of rotatable bonds is 7. The van der Waals surface area contributed by atoms with Crippen molar-refractivity contribution < 1.29 is 0 Å². The largest absolute Gasteiger partial charge is 0.325 e. The number of benzene rings is 1. The van der Waals surface area contributed by atoms with E-state index in [1.54, 1.807) is 0 Å². The van der Waals surface area contributed by atoms with Gasteiger partial charge in [-0.15, -0.1) is 11.6 Å². The number of aromatic nitrogens is 2. The van der Waals surface area contributed by atoms with E-state index in [1.165, 1.54) is 12.8 Å². The van der Waals surface area contributed by atoms with Gasteiger partial charge in [-0.3, -0.25) is 0 Å². The SMILES string of the molecule is CC(C)CCCC(C)n1c(CCCl)nc2c(Cl)cccc21. The van der Waals surface area contributed by atoms with Crippen LogP contribution in [0.25, 0.3) is 11.0 Å². The Bertz CT molecular complexity index is 590.